The first kappa shape index (κ1) is 29.3. The minimum Gasteiger partial charge on any atom is -0.463 e. The fraction of sp³-hybridized carbons (Fsp3) is 0.667. The summed E-state index contributed by atoms with van der Waals surface area (Å²) in [6, 6.07) is 0. The molecule has 4 heteroatoms. The summed E-state index contributed by atoms with van der Waals surface area (Å²) in [7, 11) is 0. The van der Waals surface area contributed by atoms with Crippen LogP contribution in [-0.4, -0.2) is 24.6 Å². The van der Waals surface area contributed by atoms with Crippen LogP contribution < -0.4 is 0 Å². The van der Waals surface area contributed by atoms with E-state index in [1.165, 1.54) is 38.2 Å². The van der Waals surface area contributed by atoms with E-state index in [0.29, 0.717) is 29.9 Å². The number of hydrogen-bond acceptors (Lipinski definition) is 4. The highest BCUT2D eigenvalue weighted by molar-refractivity contribution is 6.01. The molecule has 0 spiro atoms. The molecule has 1 fully saturated rings. The molecule has 0 bridgehead atoms. The lowest BCUT2D eigenvalue weighted by Gasteiger charge is -2.40. The van der Waals surface area contributed by atoms with Crippen molar-refractivity contribution < 1.29 is 19.1 Å². The van der Waals surface area contributed by atoms with Crippen LogP contribution in [0.4, 0.5) is 0 Å². The number of ketones is 1. The van der Waals surface area contributed by atoms with E-state index in [1.807, 2.05) is 6.08 Å². The fourth-order valence-corrected chi connectivity index (χ4v) is 7.11. The second-order valence-electron chi connectivity index (χ2n) is 12.0. The first-order valence-electron chi connectivity index (χ1n) is 14.7. The number of carbonyl (C=O) groups is 3. The molecule has 0 aromatic rings. The Morgan fingerprint density at radius 1 is 1.16 bits per heavy atom. The van der Waals surface area contributed by atoms with Gasteiger partial charge in [0.2, 0.25) is 0 Å². The van der Waals surface area contributed by atoms with E-state index in [1.54, 1.807) is 12.2 Å². The summed E-state index contributed by atoms with van der Waals surface area (Å²) < 4.78 is 5.33. The highest BCUT2D eigenvalue weighted by atomic mass is 16.5. The Hall–Kier alpha value is -2.23. The molecule has 6 atom stereocenters. The lowest BCUT2D eigenvalue weighted by Crippen LogP contribution is -2.34. The van der Waals surface area contributed by atoms with Crippen molar-refractivity contribution in [1.29, 1.82) is 0 Å². The number of carbonyl (C=O) groups excluding carboxylic acids is 3. The van der Waals surface area contributed by atoms with Gasteiger partial charge in [-0.3, -0.25) is 9.59 Å². The van der Waals surface area contributed by atoms with E-state index in [4.69, 9.17) is 4.74 Å². The Bertz CT molecular complexity index is 923. The van der Waals surface area contributed by atoms with Crippen LogP contribution in [0.5, 0.6) is 0 Å². The summed E-state index contributed by atoms with van der Waals surface area (Å²) in [4.78, 5) is 36.5. The smallest absolute Gasteiger partial charge is 0.330 e. The molecule has 0 unspecified atom stereocenters. The molecule has 0 saturated heterocycles. The molecule has 0 aliphatic heterocycles. The number of hydrogen-bond donors (Lipinski definition) is 0. The number of fused-ring (bicyclic) bond motifs is 2. The van der Waals surface area contributed by atoms with Crippen LogP contribution in [0.15, 0.2) is 47.6 Å². The Morgan fingerprint density at radius 2 is 1.89 bits per heavy atom. The van der Waals surface area contributed by atoms with Gasteiger partial charge in [0.15, 0.2) is 5.78 Å². The molecule has 1 saturated carbocycles. The third kappa shape index (κ3) is 7.65. The van der Waals surface area contributed by atoms with Crippen LogP contribution in [0.25, 0.3) is 0 Å². The largest absolute Gasteiger partial charge is 0.463 e. The van der Waals surface area contributed by atoms with E-state index in [9.17, 15) is 14.4 Å². The number of aldehydes is 1. The first-order valence-corrected chi connectivity index (χ1v) is 14.7. The Morgan fingerprint density at radius 3 is 2.62 bits per heavy atom. The second kappa shape index (κ2) is 14.1. The molecular weight excluding hydrogens is 460 g/mol. The van der Waals surface area contributed by atoms with Crippen molar-refractivity contribution in [3.05, 3.63) is 47.6 Å². The molecule has 0 N–H and O–H groups in total. The summed E-state index contributed by atoms with van der Waals surface area (Å²) in [5.41, 5.74) is 1.97. The molecule has 4 nitrogen and oxygen atoms in total. The van der Waals surface area contributed by atoms with Crippen LogP contribution in [-0.2, 0) is 19.1 Å². The predicted octanol–water partition coefficient (Wildman–Crippen LogP) is 7.74. The van der Waals surface area contributed by atoms with Gasteiger partial charge >= 0.3 is 5.97 Å². The monoisotopic (exact) mass is 508 g/mol. The molecule has 0 heterocycles. The third-order valence-corrected chi connectivity index (χ3v) is 9.34. The normalized spacial score (nSPS) is 31.8. The number of allylic oxidation sites excluding steroid dienone is 7. The molecule has 0 amide bonds. The quantitative estimate of drug-likeness (QED) is 0.0839. The zero-order chi connectivity index (χ0) is 26.8. The van der Waals surface area contributed by atoms with Crippen LogP contribution in [0.1, 0.15) is 98.3 Å². The van der Waals surface area contributed by atoms with Crippen LogP contribution in [0.3, 0.4) is 0 Å². The zero-order valence-electron chi connectivity index (χ0n) is 23.5. The van der Waals surface area contributed by atoms with Crippen LogP contribution in [0.2, 0.25) is 0 Å². The minimum atomic E-state index is -0.276. The van der Waals surface area contributed by atoms with Gasteiger partial charge in [-0.2, -0.15) is 0 Å². The van der Waals surface area contributed by atoms with Gasteiger partial charge in [-0.05, 0) is 79.8 Å². The lowest BCUT2D eigenvalue weighted by molar-refractivity contribution is -0.137. The number of ether oxygens (including phenoxy) is 1. The molecule has 0 aromatic heterocycles. The Kier molecular flexibility index (Phi) is 11.2. The highest BCUT2D eigenvalue weighted by Gasteiger charge is 2.50. The Labute approximate surface area is 224 Å². The molecule has 3 aliphatic rings. The number of unbranched alkanes of at least 4 members (excludes halogenated alkanes) is 6. The van der Waals surface area contributed by atoms with Crippen molar-refractivity contribution in [2.45, 2.75) is 98.3 Å². The maximum absolute atomic E-state index is 12.6. The second-order valence-corrected chi connectivity index (χ2v) is 12.0. The number of rotatable bonds is 13. The van der Waals surface area contributed by atoms with Crippen molar-refractivity contribution in [2.75, 3.05) is 6.61 Å². The SMILES string of the molecule is CCCCCCCCCOC(=O)/C=C\C=C/[C@H](C)[C@H]1CC[C@]2(C)C[C@@H]3C(C)=CC(=O)[C@H]3/C(C=O)=C\C[C@@H]12. The van der Waals surface area contributed by atoms with E-state index >= 15 is 0 Å². The molecule has 3 aliphatic carbocycles. The molecule has 3 rings (SSSR count). The van der Waals surface area contributed by atoms with Gasteiger partial charge in [-0.15, -0.1) is 0 Å². The van der Waals surface area contributed by atoms with E-state index < -0.39 is 0 Å². The standard InChI is InChI=1S/C33H48O4/c1-5-6-7-8-9-10-13-20-37-31(36)15-12-11-14-24(2)27-18-19-33(4)22-28-25(3)21-30(35)32(28)26(23-34)16-17-29(27)33/h11-12,14-16,21,23-24,27-29,32H,5-10,13,17-20,22H2,1-4H3/b14-11-,15-12-,26-16-/t24-,27+,28+,29-,32-,33+/m0/s1. The molecular formula is C33H48O4. The van der Waals surface area contributed by atoms with Crippen molar-refractivity contribution in [2.24, 2.45) is 35.0 Å². The van der Waals surface area contributed by atoms with Gasteiger partial charge in [0.05, 0.1) is 12.5 Å². The van der Waals surface area contributed by atoms with E-state index in [-0.39, 0.29) is 29.0 Å². The minimum absolute atomic E-state index is 0.0986. The summed E-state index contributed by atoms with van der Waals surface area (Å²) >= 11 is 0. The highest BCUT2D eigenvalue weighted by Crippen LogP contribution is 2.58. The average molecular weight is 509 g/mol. The van der Waals surface area contributed by atoms with E-state index in [2.05, 4.69) is 39.8 Å². The van der Waals surface area contributed by atoms with E-state index in [0.717, 1.165) is 50.4 Å². The van der Waals surface area contributed by atoms with Gasteiger partial charge in [-0.1, -0.05) is 89.2 Å². The Balaban J connectivity index is 1.50. The van der Waals surface area contributed by atoms with Crippen LogP contribution in [0, 0.1) is 35.0 Å². The van der Waals surface area contributed by atoms with Gasteiger partial charge in [0.25, 0.3) is 0 Å². The third-order valence-electron chi connectivity index (χ3n) is 9.34. The topological polar surface area (TPSA) is 60.4 Å². The first-order chi connectivity index (χ1) is 17.8. The molecule has 0 aromatic carbocycles. The van der Waals surface area contributed by atoms with Gasteiger partial charge < -0.3 is 4.74 Å². The van der Waals surface area contributed by atoms with Crippen molar-refractivity contribution in [3.8, 4) is 0 Å². The van der Waals surface area contributed by atoms with Crippen molar-refractivity contribution in [3.63, 3.8) is 0 Å². The zero-order valence-corrected chi connectivity index (χ0v) is 23.5. The number of esters is 1. The fourth-order valence-electron chi connectivity index (χ4n) is 7.11. The summed E-state index contributed by atoms with van der Waals surface area (Å²) in [6.45, 7) is 9.42. The summed E-state index contributed by atoms with van der Waals surface area (Å²) in [5, 5.41) is 0. The van der Waals surface area contributed by atoms with Crippen LogP contribution >= 0.6 is 0 Å². The average Bonchev–Trinajstić information content (AvgIpc) is 3.32. The maximum atomic E-state index is 12.6. The molecule has 0 radical (unpaired) electrons. The summed E-state index contributed by atoms with van der Waals surface area (Å²) in [5.74, 6) is 1.06. The van der Waals surface area contributed by atoms with Crippen molar-refractivity contribution in [1.82, 2.24) is 0 Å². The molecule has 204 valence electrons. The lowest BCUT2D eigenvalue weighted by atomic mass is 9.63. The van der Waals surface area contributed by atoms with Gasteiger partial charge in [0, 0.05) is 6.08 Å². The summed E-state index contributed by atoms with van der Waals surface area (Å²) in [6.07, 6.45) is 24.8. The molecule has 37 heavy (non-hydrogen) atoms. The van der Waals surface area contributed by atoms with Gasteiger partial charge in [0.1, 0.15) is 6.29 Å². The van der Waals surface area contributed by atoms with Gasteiger partial charge in [-0.25, -0.2) is 4.79 Å². The predicted molar refractivity (Wildman–Crippen MR) is 150 cm³/mol. The maximum Gasteiger partial charge on any atom is 0.330 e. The van der Waals surface area contributed by atoms with Crippen molar-refractivity contribution >= 4 is 18.0 Å².